The van der Waals surface area contributed by atoms with E-state index >= 15 is 0 Å². The molecule has 1 saturated heterocycles. The van der Waals surface area contributed by atoms with Crippen LogP contribution in [0, 0.1) is 0 Å². The number of rotatable bonds is 3. The van der Waals surface area contributed by atoms with Crippen LogP contribution in [0.15, 0.2) is 57.7 Å². The van der Waals surface area contributed by atoms with Gasteiger partial charge in [0.25, 0.3) is 5.91 Å². The average Bonchev–Trinajstić information content (AvgIpc) is 2.74. The van der Waals surface area contributed by atoms with Gasteiger partial charge in [-0.2, -0.15) is 0 Å². The van der Waals surface area contributed by atoms with E-state index in [1.165, 1.54) is 0 Å². The van der Waals surface area contributed by atoms with Crippen LogP contribution in [0.2, 0.25) is 5.02 Å². The number of halogens is 1. The zero-order valence-electron chi connectivity index (χ0n) is 15.4. The number of hydrogen-bond acceptors (Lipinski definition) is 5. The number of nitrogens with zero attached hydrogens (tertiary/aromatic N) is 2. The minimum absolute atomic E-state index is 0.0349. The van der Waals surface area contributed by atoms with E-state index in [2.05, 4.69) is 4.90 Å². The normalized spacial score (nSPS) is 14.4. The van der Waals surface area contributed by atoms with Gasteiger partial charge >= 0.3 is 5.63 Å². The Morgan fingerprint density at radius 1 is 1.07 bits per heavy atom. The molecule has 6 nitrogen and oxygen atoms in total. The Morgan fingerprint density at radius 3 is 2.46 bits per heavy atom. The summed E-state index contributed by atoms with van der Waals surface area (Å²) in [5.41, 5.74) is 0.749. The van der Waals surface area contributed by atoms with Gasteiger partial charge < -0.3 is 19.0 Å². The summed E-state index contributed by atoms with van der Waals surface area (Å²) in [5.74, 6) is 0.491. The van der Waals surface area contributed by atoms with Crippen molar-refractivity contribution in [2.45, 2.75) is 0 Å². The van der Waals surface area contributed by atoms with Gasteiger partial charge in [0.1, 0.15) is 11.3 Å². The summed E-state index contributed by atoms with van der Waals surface area (Å²) < 4.78 is 10.5. The molecule has 2 heterocycles. The van der Waals surface area contributed by atoms with Crippen molar-refractivity contribution in [2.75, 3.05) is 38.2 Å². The maximum atomic E-state index is 12.9. The van der Waals surface area contributed by atoms with Gasteiger partial charge in [0.2, 0.25) is 0 Å². The second-order valence-electron chi connectivity index (χ2n) is 6.58. The molecule has 1 aliphatic rings. The molecular formula is C21H19ClN2O4. The molecule has 0 aliphatic carbocycles. The van der Waals surface area contributed by atoms with Crippen molar-refractivity contribution in [3.05, 3.63) is 69.5 Å². The number of carbonyl (C=O) groups excluding carboxylic acids is 1. The monoisotopic (exact) mass is 398 g/mol. The second-order valence-corrected chi connectivity index (χ2v) is 6.99. The van der Waals surface area contributed by atoms with E-state index in [0.29, 0.717) is 42.2 Å². The van der Waals surface area contributed by atoms with Crippen molar-refractivity contribution >= 4 is 34.2 Å². The highest BCUT2D eigenvalue weighted by molar-refractivity contribution is 6.34. The Kier molecular flexibility index (Phi) is 4.96. The fourth-order valence-corrected chi connectivity index (χ4v) is 3.61. The number of anilines is 1. The number of benzene rings is 2. The molecule has 0 radical (unpaired) electrons. The number of hydrogen-bond donors (Lipinski definition) is 0. The predicted octanol–water partition coefficient (Wildman–Crippen LogP) is 3.42. The fourth-order valence-electron chi connectivity index (χ4n) is 3.39. The zero-order chi connectivity index (χ0) is 19.7. The van der Waals surface area contributed by atoms with Crippen LogP contribution < -0.4 is 15.3 Å². The number of ether oxygens (including phenoxy) is 1. The van der Waals surface area contributed by atoms with E-state index in [1.54, 1.807) is 36.3 Å². The van der Waals surface area contributed by atoms with E-state index in [9.17, 15) is 9.59 Å². The number of carbonyl (C=O) groups is 1. The highest BCUT2D eigenvalue weighted by Crippen LogP contribution is 2.24. The first-order valence-corrected chi connectivity index (χ1v) is 9.35. The van der Waals surface area contributed by atoms with E-state index in [1.807, 2.05) is 24.3 Å². The molecule has 1 aliphatic heterocycles. The summed E-state index contributed by atoms with van der Waals surface area (Å²) in [6.07, 6.45) is 0. The number of fused-ring (bicyclic) bond motifs is 1. The van der Waals surface area contributed by atoms with Gasteiger partial charge in [0.15, 0.2) is 5.58 Å². The Balaban J connectivity index is 1.50. The van der Waals surface area contributed by atoms with Crippen LogP contribution >= 0.6 is 11.6 Å². The lowest BCUT2D eigenvalue weighted by Crippen LogP contribution is -2.49. The SMILES string of the molecule is COc1ccc(N2CCN(C(=O)c3cc4cccc(Cl)c4oc3=O)CC2)cc1. The number of piperazine rings is 1. The quantitative estimate of drug-likeness (QED) is 0.632. The smallest absolute Gasteiger partial charge is 0.349 e. The minimum Gasteiger partial charge on any atom is -0.497 e. The highest BCUT2D eigenvalue weighted by Gasteiger charge is 2.25. The third kappa shape index (κ3) is 3.43. The van der Waals surface area contributed by atoms with Crippen LogP contribution in [0.5, 0.6) is 5.75 Å². The molecule has 2 aromatic carbocycles. The summed E-state index contributed by atoms with van der Waals surface area (Å²) in [6, 6.07) is 14.6. The molecule has 0 atom stereocenters. The van der Waals surface area contributed by atoms with Crippen molar-refractivity contribution in [1.82, 2.24) is 4.90 Å². The van der Waals surface area contributed by atoms with Crippen molar-refractivity contribution in [3.8, 4) is 5.75 Å². The van der Waals surface area contributed by atoms with E-state index in [-0.39, 0.29) is 11.5 Å². The summed E-state index contributed by atoms with van der Waals surface area (Å²) in [6.45, 7) is 2.42. The first-order chi connectivity index (χ1) is 13.6. The topological polar surface area (TPSA) is 63.0 Å². The second kappa shape index (κ2) is 7.56. The molecule has 7 heteroatoms. The number of para-hydroxylation sites is 1. The molecule has 0 saturated carbocycles. The number of amides is 1. The number of methoxy groups -OCH3 is 1. The van der Waals surface area contributed by atoms with E-state index < -0.39 is 5.63 Å². The first-order valence-electron chi connectivity index (χ1n) is 8.97. The van der Waals surface area contributed by atoms with Crippen molar-refractivity contribution in [2.24, 2.45) is 0 Å². The van der Waals surface area contributed by atoms with Gasteiger partial charge in [-0.05, 0) is 36.4 Å². The maximum absolute atomic E-state index is 12.9. The molecule has 28 heavy (non-hydrogen) atoms. The van der Waals surface area contributed by atoms with Gasteiger partial charge in [-0.3, -0.25) is 4.79 Å². The standard InChI is InChI=1S/C21H19ClN2O4/c1-27-16-7-5-15(6-8-16)23-9-11-24(12-10-23)20(25)17-13-14-3-2-4-18(22)19(14)28-21(17)26/h2-8,13H,9-12H2,1H3. The molecular weight excluding hydrogens is 380 g/mol. The molecule has 0 bridgehead atoms. The summed E-state index contributed by atoms with van der Waals surface area (Å²) in [5, 5.41) is 0.981. The lowest BCUT2D eigenvalue weighted by Gasteiger charge is -2.36. The van der Waals surface area contributed by atoms with Crippen LogP contribution in [-0.2, 0) is 0 Å². The maximum Gasteiger partial charge on any atom is 0.349 e. The summed E-state index contributed by atoms with van der Waals surface area (Å²) >= 11 is 6.06. The molecule has 3 aromatic rings. The summed E-state index contributed by atoms with van der Waals surface area (Å²) in [7, 11) is 1.64. The molecule has 1 fully saturated rings. The van der Waals surface area contributed by atoms with Crippen LogP contribution in [0.25, 0.3) is 11.0 Å². The third-order valence-electron chi connectivity index (χ3n) is 4.95. The van der Waals surface area contributed by atoms with Crippen molar-refractivity contribution in [3.63, 3.8) is 0 Å². The van der Waals surface area contributed by atoms with Gasteiger partial charge in [-0.15, -0.1) is 0 Å². The van der Waals surface area contributed by atoms with Gasteiger partial charge in [0.05, 0.1) is 12.1 Å². The lowest BCUT2D eigenvalue weighted by atomic mass is 10.1. The van der Waals surface area contributed by atoms with Crippen molar-refractivity contribution in [1.29, 1.82) is 0 Å². The molecule has 1 amide bonds. The van der Waals surface area contributed by atoms with Gasteiger partial charge in [-0.1, -0.05) is 23.7 Å². The molecule has 0 unspecified atom stereocenters. The first kappa shape index (κ1) is 18.4. The molecule has 0 spiro atoms. The lowest BCUT2D eigenvalue weighted by molar-refractivity contribution is 0.0742. The van der Waals surface area contributed by atoms with E-state index in [0.717, 1.165) is 11.4 Å². The van der Waals surface area contributed by atoms with Crippen LogP contribution in [0.1, 0.15) is 10.4 Å². The Bertz CT molecular complexity index is 1070. The Hall–Kier alpha value is -2.99. The van der Waals surface area contributed by atoms with Gasteiger partial charge in [-0.25, -0.2) is 4.79 Å². The average molecular weight is 399 g/mol. The Morgan fingerprint density at radius 2 is 1.79 bits per heavy atom. The molecule has 0 N–H and O–H groups in total. The largest absolute Gasteiger partial charge is 0.497 e. The van der Waals surface area contributed by atoms with Crippen LogP contribution in [0.3, 0.4) is 0 Å². The summed E-state index contributed by atoms with van der Waals surface area (Å²) in [4.78, 5) is 29.1. The van der Waals surface area contributed by atoms with E-state index in [4.69, 9.17) is 20.8 Å². The van der Waals surface area contributed by atoms with Gasteiger partial charge in [0, 0.05) is 37.3 Å². The molecule has 4 rings (SSSR count). The zero-order valence-corrected chi connectivity index (χ0v) is 16.1. The third-order valence-corrected chi connectivity index (χ3v) is 5.24. The van der Waals surface area contributed by atoms with Crippen molar-refractivity contribution < 1.29 is 13.9 Å². The minimum atomic E-state index is -0.664. The van der Waals surface area contributed by atoms with Crippen LogP contribution in [0.4, 0.5) is 5.69 Å². The molecule has 1 aromatic heterocycles. The molecule has 144 valence electrons. The van der Waals surface area contributed by atoms with Crippen LogP contribution in [-0.4, -0.2) is 44.1 Å². The Labute approximate surface area is 166 Å². The predicted molar refractivity (Wildman–Crippen MR) is 109 cm³/mol. The highest BCUT2D eigenvalue weighted by atomic mass is 35.5. The fraction of sp³-hybridized carbons (Fsp3) is 0.238.